The van der Waals surface area contributed by atoms with E-state index in [1.54, 1.807) is 24.3 Å². The van der Waals surface area contributed by atoms with Gasteiger partial charge in [0.2, 0.25) is 0 Å². The molecule has 0 saturated heterocycles. The number of hydrogen-bond acceptors (Lipinski definition) is 4. The van der Waals surface area contributed by atoms with Gasteiger partial charge in [0, 0.05) is 12.1 Å². The highest BCUT2D eigenvalue weighted by Gasteiger charge is 2.16. The smallest absolute Gasteiger partial charge is 0.146 e. The number of para-hydroxylation sites is 3. The molecule has 0 N–H and O–H groups in total. The molecule has 0 amide bonds. The van der Waals surface area contributed by atoms with Crippen molar-refractivity contribution in [3.8, 4) is 34.5 Å². The van der Waals surface area contributed by atoms with Crippen molar-refractivity contribution in [2.45, 2.75) is 0 Å². The summed E-state index contributed by atoms with van der Waals surface area (Å²) in [6, 6.07) is 41.1. The third-order valence-electron chi connectivity index (χ3n) is 5.17. The number of benzene rings is 5. The highest BCUT2D eigenvalue weighted by atomic mass is 31.1. The van der Waals surface area contributed by atoms with Gasteiger partial charge in [0.15, 0.2) is 0 Å². The SMILES string of the molecule is [O-]C(=Pc1c(Oc2ccccc2)cc(Oc2ccccc2)cc1Oc1ccccc1)c1ccccc1. The van der Waals surface area contributed by atoms with Gasteiger partial charge in [-0.1, -0.05) is 93.1 Å². The maximum absolute atomic E-state index is 13.2. The fraction of sp³-hybridized carbons (Fsp3) is 0. The second-order valence-corrected chi connectivity index (χ2v) is 8.87. The van der Waals surface area contributed by atoms with E-state index in [1.807, 2.05) is 109 Å². The summed E-state index contributed by atoms with van der Waals surface area (Å²) in [5, 5.41) is 13.9. The van der Waals surface area contributed by atoms with Crippen LogP contribution in [0.3, 0.4) is 0 Å². The lowest BCUT2D eigenvalue weighted by molar-refractivity contribution is -0.207. The summed E-state index contributed by atoms with van der Waals surface area (Å²) in [5.41, 5.74) is 0.545. The molecule has 0 bridgehead atoms. The Morgan fingerprint density at radius 1 is 0.472 bits per heavy atom. The van der Waals surface area contributed by atoms with Crippen molar-refractivity contribution in [3.05, 3.63) is 139 Å². The normalized spacial score (nSPS) is 11.1. The zero-order valence-corrected chi connectivity index (χ0v) is 20.2. The van der Waals surface area contributed by atoms with E-state index in [0.717, 1.165) is 0 Å². The van der Waals surface area contributed by atoms with E-state index in [-0.39, 0.29) is 5.48 Å². The van der Waals surface area contributed by atoms with Crippen molar-refractivity contribution in [3.63, 3.8) is 0 Å². The Labute approximate surface area is 211 Å². The fourth-order valence-corrected chi connectivity index (χ4v) is 4.41. The van der Waals surface area contributed by atoms with Gasteiger partial charge in [0.1, 0.15) is 34.5 Å². The first-order valence-electron chi connectivity index (χ1n) is 11.4. The molecule has 0 heterocycles. The third-order valence-corrected chi connectivity index (χ3v) is 6.29. The lowest BCUT2D eigenvalue weighted by atomic mass is 10.2. The molecule has 0 radical (unpaired) electrons. The van der Waals surface area contributed by atoms with E-state index in [2.05, 4.69) is 0 Å². The van der Waals surface area contributed by atoms with Gasteiger partial charge >= 0.3 is 0 Å². The van der Waals surface area contributed by atoms with Gasteiger partial charge in [-0.2, -0.15) is 0 Å². The van der Waals surface area contributed by atoms with Crippen LogP contribution in [-0.2, 0) is 0 Å². The van der Waals surface area contributed by atoms with Crippen LogP contribution in [-0.4, -0.2) is 5.48 Å². The summed E-state index contributed by atoms with van der Waals surface area (Å²) in [5.74, 6) is 3.45. The summed E-state index contributed by atoms with van der Waals surface area (Å²) in [4.78, 5) is 0. The maximum Gasteiger partial charge on any atom is 0.146 e. The van der Waals surface area contributed by atoms with Crippen LogP contribution in [0.5, 0.6) is 34.5 Å². The van der Waals surface area contributed by atoms with Gasteiger partial charge < -0.3 is 19.3 Å². The van der Waals surface area contributed by atoms with Gasteiger partial charge in [-0.25, -0.2) is 0 Å². The molecule has 4 nitrogen and oxygen atoms in total. The van der Waals surface area contributed by atoms with Crippen LogP contribution >= 0.6 is 8.20 Å². The van der Waals surface area contributed by atoms with Crippen LogP contribution in [0.4, 0.5) is 0 Å². The molecule has 0 aliphatic carbocycles. The third kappa shape index (κ3) is 6.00. The van der Waals surface area contributed by atoms with Crippen LogP contribution in [0.25, 0.3) is 0 Å². The molecule has 0 saturated carbocycles. The van der Waals surface area contributed by atoms with Gasteiger partial charge in [0.25, 0.3) is 0 Å². The maximum atomic E-state index is 13.2. The van der Waals surface area contributed by atoms with E-state index >= 15 is 0 Å². The molecule has 5 aromatic carbocycles. The highest BCUT2D eigenvalue weighted by molar-refractivity contribution is 7.49. The van der Waals surface area contributed by atoms with Crippen molar-refractivity contribution in [2.24, 2.45) is 0 Å². The Morgan fingerprint density at radius 3 is 1.31 bits per heavy atom. The topological polar surface area (TPSA) is 50.8 Å². The Morgan fingerprint density at radius 2 is 0.861 bits per heavy atom. The Balaban J connectivity index is 1.65. The van der Waals surface area contributed by atoms with Crippen molar-refractivity contribution in [2.75, 3.05) is 0 Å². The molecule has 0 aliphatic heterocycles. The zero-order chi connectivity index (χ0) is 24.6. The second-order valence-electron chi connectivity index (χ2n) is 7.80. The van der Waals surface area contributed by atoms with Crippen LogP contribution in [0, 0.1) is 0 Å². The van der Waals surface area contributed by atoms with Gasteiger partial charge in [-0.05, 0) is 42.0 Å². The Kier molecular flexibility index (Phi) is 7.38. The van der Waals surface area contributed by atoms with E-state index < -0.39 is 0 Å². The number of ether oxygens (including phenoxy) is 3. The van der Waals surface area contributed by atoms with Crippen molar-refractivity contribution in [1.82, 2.24) is 0 Å². The molecule has 176 valence electrons. The lowest BCUT2D eigenvalue weighted by Crippen LogP contribution is -2.18. The fourth-order valence-electron chi connectivity index (χ4n) is 3.49. The van der Waals surface area contributed by atoms with Crippen molar-refractivity contribution in [1.29, 1.82) is 0 Å². The van der Waals surface area contributed by atoms with Gasteiger partial charge in [0.05, 0.1) is 5.30 Å². The summed E-state index contributed by atoms with van der Waals surface area (Å²) < 4.78 is 18.7. The first-order chi connectivity index (χ1) is 17.7. The molecule has 36 heavy (non-hydrogen) atoms. The minimum absolute atomic E-state index is 0.0665. The van der Waals surface area contributed by atoms with E-state index in [4.69, 9.17) is 14.2 Å². The van der Waals surface area contributed by atoms with Crippen LogP contribution in [0.1, 0.15) is 5.56 Å². The molecule has 0 atom stereocenters. The average molecular weight is 489 g/mol. The summed E-state index contributed by atoms with van der Waals surface area (Å²) in [7, 11) is 0.418. The molecular formula is C31H22O4P-. The molecule has 0 fully saturated rings. The molecule has 0 aromatic heterocycles. The first kappa shape index (κ1) is 23.4. The quantitative estimate of drug-likeness (QED) is 0.217. The van der Waals surface area contributed by atoms with Gasteiger partial charge in [-0.3, -0.25) is 0 Å². The summed E-state index contributed by atoms with van der Waals surface area (Å²) in [6.45, 7) is 0. The Bertz CT molecular complexity index is 1380. The first-order valence-corrected chi connectivity index (χ1v) is 12.3. The van der Waals surface area contributed by atoms with Crippen LogP contribution < -0.4 is 24.6 Å². The summed E-state index contributed by atoms with van der Waals surface area (Å²) >= 11 is 0. The van der Waals surface area contributed by atoms with Crippen LogP contribution in [0.2, 0.25) is 0 Å². The highest BCUT2D eigenvalue weighted by Crippen LogP contribution is 2.36. The van der Waals surface area contributed by atoms with Crippen LogP contribution in [0.15, 0.2) is 133 Å². The molecule has 0 spiro atoms. The molecule has 5 heteroatoms. The monoisotopic (exact) mass is 489 g/mol. The Hall–Kier alpha value is -4.37. The van der Waals surface area contributed by atoms with Gasteiger partial charge in [-0.15, -0.1) is 5.48 Å². The summed E-state index contributed by atoms with van der Waals surface area (Å²) in [6.07, 6.45) is 0. The number of hydrogen-bond donors (Lipinski definition) is 0. The number of rotatable bonds is 8. The standard InChI is InChI=1S/C31H23O4P/c32-31(23-13-5-1-6-14-23)36-30-28(34-25-17-9-3-10-18-25)21-27(33-24-15-7-2-8-16-24)22-29(30)35-26-19-11-4-12-20-26/h1-22,32H/p-1. The second kappa shape index (κ2) is 11.4. The predicted octanol–water partition coefficient (Wildman–Crippen LogP) is 7.17. The van der Waals surface area contributed by atoms with Crippen molar-refractivity contribution < 1.29 is 19.3 Å². The minimum Gasteiger partial charge on any atom is -0.823 e. The molecular weight excluding hydrogens is 467 g/mol. The zero-order valence-electron chi connectivity index (χ0n) is 19.3. The molecule has 0 unspecified atom stereocenters. The minimum atomic E-state index is -0.0665. The van der Waals surface area contributed by atoms with Crippen molar-refractivity contribution >= 4 is 19.0 Å². The van der Waals surface area contributed by atoms with E-state index in [9.17, 15) is 5.11 Å². The van der Waals surface area contributed by atoms with E-state index in [1.165, 1.54) is 0 Å². The molecule has 5 aromatic rings. The van der Waals surface area contributed by atoms with E-state index in [0.29, 0.717) is 53.6 Å². The largest absolute Gasteiger partial charge is 0.823 e. The molecule has 5 rings (SSSR count). The lowest BCUT2D eigenvalue weighted by Gasteiger charge is -2.19. The average Bonchev–Trinajstić information content (AvgIpc) is 2.93. The predicted molar refractivity (Wildman–Crippen MR) is 143 cm³/mol. The molecule has 0 aliphatic rings.